The summed E-state index contributed by atoms with van der Waals surface area (Å²) in [6.45, 7) is 5.69. The highest BCUT2D eigenvalue weighted by molar-refractivity contribution is 5.83. The van der Waals surface area contributed by atoms with Gasteiger partial charge in [0, 0.05) is 23.9 Å². The zero-order valence-electron chi connectivity index (χ0n) is 11.4. The second kappa shape index (κ2) is 6.21. The van der Waals surface area contributed by atoms with E-state index < -0.39 is 18.0 Å². The Kier molecular flexibility index (Phi) is 4.91. The maximum atomic E-state index is 11.7. The molecule has 1 aromatic rings. The molecule has 0 unspecified atom stereocenters. The number of urea groups is 1. The van der Waals surface area contributed by atoms with Crippen LogP contribution in [0.25, 0.3) is 0 Å². The third-order valence-corrected chi connectivity index (χ3v) is 2.92. The number of carboxylic acids is 1. The topological polar surface area (TPSA) is 107 Å². The molecule has 7 heteroatoms. The number of nitrogens with one attached hydrogen (secondary N) is 3. The predicted molar refractivity (Wildman–Crippen MR) is 69.8 cm³/mol. The van der Waals surface area contributed by atoms with E-state index in [2.05, 4.69) is 20.6 Å². The van der Waals surface area contributed by atoms with E-state index in [-0.39, 0.29) is 12.0 Å². The second-order valence-electron chi connectivity index (χ2n) is 5.01. The van der Waals surface area contributed by atoms with Gasteiger partial charge in [-0.3, -0.25) is 0 Å². The van der Waals surface area contributed by atoms with Crippen LogP contribution in [0.5, 0.6) is 0 Å². The maximum absolute atomic E-state index is 11.7. The molecule has 1 rings (SSSR count). The van der Waals surface area contributed by atoms with Gasteiger partial charge in [-0.2, -0.15) is 0 Å². The molecule has 1 heterocycles. The summed E-state index contributed by atoms with van der Waals surface area (Å²) in [5, 5.41) is 14.3. The van der Waals surface area contributed by atoms with Crippen molar-refractivity contribution in [3.8, 4) is 0 Å². The number of carboxylic acid groups (broad SMARTS) is 1. The van der Waals surface area contributed by atoms with Crippen LogP contribution in [0, 0.1) is 0 Å². The Bertz CT molecular complexity index is 428. The Morgan fingerprint density at radius 1 is 1.53 bits per heavy atom. The molecule has 1 atom stereocenters. The van der Waals surface area contributed by atoms with Gasteiger partial charge in [0.05, 0.1) is 6.33 Å². The minimum Gasteiger partial charge on any atom is -0.480 e. The Morgan fingerprint density at radius 2 is 2.21 bits per heavy atom. The van der Waals surface area contributed by atoms with Crippen LogP contribution in [-0.2, 0) is 11.2 Å². The van der Waals surface area contributed by atoms with Crippen LogP contribution in [0.15, 0.2) is 12.5 Å². The molecule has 0 radical (unpaired) electrons. The van der Waals surface area contributed by atoms with Crippen molar-refractivity contribution in [2.75, 3.05) is 0 Å². The first-order valence-electron chi connectivity index (χ1n) is 6.13. The standard InChI is InChI=1S/C12H20N4O3/c1-4-12(2,3)16-11(19)15-9(10(17)18)5-8-6-13-7-14-8/h6-7,9H,4-5H2,1-3H3,(H,13,14)(H,17,18)(H2,15,16,19)/t9-/m0/s1. The maximum Gasteiger partial charge on any atom is 0.326 e. The molecule has 19 heavy (non-hydrogen) atoms. The number of carbonyl (C=O) groups excluding carboxylic acids is 1. The van der Waals surface area contributed by atoms with Gasteiger partial charge in [0.15, 0.2) is 0 Å². The molecular weight excluding hydrogens is 248 g/mol. The van der Waals surface area contributed by atoms with Crippen LogP contribution in [0.3, 0.4) is 0 Å². The first-order valence-corrected chi connectivity index (χ1v) is 6.13. The SMILES string of the molecule is CCC(C)(C)NC(=O)N[C@@H](Cc1cnc[nH]1)C(=O)O. The van der Waals surface area contributed by atoms with Crippen molar-refractivity contribution in [3.63, 3.8) is 0 Å². The molecular formula is C12H20N4O3. The number of aromatic amines is 1. The summed E-state index contributed by atoms with van der Waals surface area (Å²) in [5.74, 6) is -1.08. The van der Waals surface area contributed by atoms with Crippen molar-refractivity contribution >= 4 is 12.0 Å². The number of nitrogens with zero attached hydrogens (tertiary/aromatic N) is 1. The van der Waals surface area contributed by atoms with Crippen molar-refractivity contribution in [2.45, 2.75) is 45.2 Å². The summed E-state index contributed by atoms with van der Waals surface area (Å²) in [7, 11) is 0. The van der Waals surface area contributed by atoms with Crippen LogP contribution >= 0.6 is 0 Å². The van der Waals surface area contributed by atoms with Gasteiger partial charge in [-0.05, 0) is 20.3 Å². The quantitative estimate of drug-likeness (QED) is 0.614. The van der Waals surface area contributed by atoms with Gasteiger partial charge in [0.25, 0.3) is 0 Å². The average Bonchev–Trinajstić information content (AvgIpc) is 2.80. The molecule has 1 aromatic heterocycles. The molecule has 0 aromatic carbocycles. The van der Waals surface area contributed by atoms with E-state index in [4.69, 9.17) is 5.11 Å². The molecule has 0 fully saturated rings. The van der Waals surface area contributed by atoms with Gasteiger partial charge in [-0.1, -0.05) is 6.92 Å². The number of aromatic nitrogens is 2. The van der Waals surface area contributed by atoms with E-state index in [9.17, 15) is 9.59 Å². The monoisotopic (exact) mass is 268 g/mol. The Morgan fingerprint density at radius 3 is 2.68 bits per heavy atom. The summed E-state index contributed by atoms with van der Waals surface area (Å²) in [5.41, 5.74) is 0.281. The predicted octanol–water partition coefficient (Wildman–Crippen LogP) is 0.893. The zero-order valence-corrected chi connectivity index (χ0v) is 11.4. The lowest BCUT2D eigenvalue weighted by Gasteiger charge is -2.25. The fourth-order valence-corrected chi connectivity index (χ4v) is 1.41. The van der Waals surface area contributed by atoms with E-state index in [0.29, 0.717) is 5.69 Å². The number of hydrogen-bond donors (Lipinski definition) is 4. The Hall–Kier alpha value is -2.05. The molecule has 0 saturated heterocycles. The highest BCUT2D eigenvalue weighted by atomic mass is 16.4. The van der Waals surface area contributed by atoms with Crippen LogP contribution in [0.4, 0.5) is 4.79 Å². The molecule has 0 aliphatic rings. The third-order valence-electron chi connectivity index (χ3n) is 2.92. The molecule has 0 aliphatic carbocycles. The average molecular weight is 268 g/mol. The number of rotatable bonds is 6. The van der Waals surface area contributed by atoms with Crippen LogP contribution in [-0.4, -0.2) is 38.7 Å². The molecule has 2 amide bonds. The molecule has 4 N–H and O–H groups in total. The lowest BCUT2D eigenvalue weighted by molar-refractivity contribution is -0.139. The lowest BCUT2D eigenvalue weighted by Crippen LogP contribution is -2.53. The van der Waals surface area contributed by atoms with Gasteiger partial charge < -0.3 is 20.7 Å². The number of hydrogen-bond acceptors (Lipinski definition) is 3. The second-order valence-corrected chi connectivity index (χ2v) is 5.01. The van der Waals surface area contributed by atoms with Crippen LogP contribution in [0.2, 0.25) is 0 Å². The fraction of sp³-hybridized carbons (Fsp3) is 0.583. The normalized spacial score (nSPS) is 12.8. The highest BCUT2D eigenvalue weighted by Gasteiger charge is 2.24. The summed E-state index contributed by atoms with van der Waals surface area (Å²) in [6, 6.07) is -1.48. The first kappa shape index (κ1) is 15.0. The van der Waals surface area contributed by atoms with Crippen molar-refractivity contribution in [3.05, 3.63) is 18.2 Å². The van der Waals surface area contributed by atoms with E-state index in [0.717, 1.165) is 6.42 Å². The lowest BCUT2D eigenvalue weighted by atomic mass is 10.0. The van der Waals surface area contributed by atoms with E-state index in [1.54, 1.807) is 0 Å². The molecule has 0 aliphatic heterocycles. The molecule has 0 saturated carbocycles. The Labute approximate surface area is 111 Å². The van der Waals surface area contributed by atoms with Crippen LogP contribution in [0.1, 0.15) is 32.9 Å². The van der Waals surface area contributed by atoms with E-state index in [1.165, 1.54) is 12.5 Å². The molecule has 7 nitrogen and oxygen atoms in total. The summed E-state index contributed by atoms with van der Waals surface area (Å²) >= 11 is 0. The van der Waals surface area contributed by atoms with Gasteiger partial charge >= 0.3 is 12.0 Å². The fourth-order valence-electron chi connectivity index (χ4n) is 1.41. The molecule has 0 spiro atoms. The van der Waals surface area contributed by atoms with Crippen molar-refractivity contribution in [1.82, 2.24) is 20.6 Å². The van der Waals surface area contributed by atoms with Gasteiger partial charge in [0.1, 0.15) is 6.04 Å². The largest absolute Gasteiger partial charge is 0.480 e. The summed E-state index contributed by atoms with van der Waals surface area (Å²) < 4.78 is 0. The Balaban J connectivity index is 2.59. The van der Waals surface area contributed by atoms with Crippen molar-refractivity contribution in [1.29, 1.82) is 0 Å². The van der Waals surface area contributed by atoms with E-state index >= 15 is 0 Å². The summed E-state index contributed by atoms with van der Waals surface area (Å²) in [6.07, 6.45) is 3.91. The molecule has 0 bridgehead atoms. The van der Waals surface area contributed by atoms with Crippen molar-refractivity contribution in [2.24, 2.45) is 0 Å². The number of imidazole rings is 1. The first-order chi connectivity index (χ1) is 8.84. The minimum absolute atomic E-state index is 0.162. The van der Waals surface area contributed by atoms with Gasteiger partial charge in [0.2, 0.25) is 0 Å². The van der Waals surface area contributed by atoms with E-state index in [1.807, 2.05) is 20.8 Å². The van der Waals surface area contributed by atoms with Gasteiger partial charge in [-0.15, -0.1) is 0 Å². The third kappa shape index (κ3) is 4.99. The highest BCUT2D eigenvalue weighted by Crippen LogP contribution is 2.06. The van der Waals surface area contributed by atoms with Crippen molar-refractivity contribution < 1.29 is 14.7 Å². The number of carbonyl (C=O) groups is 2. The minimum atomic E-state index is -1.08. The number of H-pyrrole nitrogens is 1. The van der Waals surface area contributed by atoms with Crippen LogP contribution < -0.4 is 10.6 Å². The zero-order chi connectivity index (χ0) is 14.5. The number of aliphatic carboxylic acids is 1. The van der Waals surface area contributed by atoms with Gasteiger partial charge in [-0.25, -0.2) is 14.6 Å². The summed E-state index contributed by atoms with van der Waals surface area (Å²) in [4.78, 5) is 29.5. The smallest absolute Gasteiger partial charge is 0.326 e. The molecule has 106 valence electrons. The number of amides is 2.